The molecule has 2 aromatic carbocycles. The maximum Gasteiger partial charge on any atom is 0.339 e. The van der Waals surface area contributed by atoms with Gasteiger partial charge in [0.2, 0.25) is 0 Å². The third kappa shape index (κ3) is 4.17. The van der Waals surface area contributed by atoms with Gasteiger partial charge in [-0.1, -0.05) is 23.7 Å². The molecular weight excluding hydrogens is 394 g/mol. The van der Waals surface area contributed by atoms with Gasteiger partial charge in [0.25, 0.3) is 0 Å². The number of hydrogen-bond donors (Lipinski definition) is 2. The summed E-state index contributed by atoms with van der Waals surface area (Å²) in [5, 5.41) is 3.66. The van der Waals surface area contributed by atoms with E-state index in [0.717, 1.165) is 0 Å². The van der Waals surface area contributed by atoms with Crippen molar-refractivity contribution >= 4 is 46.3 Å². The molecule has 0 saturated heterocycles. The lowest BCUT2D eigenvalue weighted by molar-refractivity contribution is 0.0601. The van der Waals surface area contributed by atoms with E-state index in [-0.39, 0.29) is 5.69 Å². The van der Waals surface area contributed by atoms with Gasteiger partial charge in [0.15, 0.2) is 11.6 Å². The first kappa shape index (κ1) is 20.2. The minimum atomic E-state index is -0.456. The summed E-state index contributed by atoms with van der Waals surface area (Å²) in [5.74, 6) is 0.915. The summed E-state index contributed by atoms with van der Waals surface area (Å²) >= 11 is 6.09. The fourth-order valence-corrected chi connectivity index (χ4v) is 2.99. The fourth-order valence-electron chi connectivity index (χ4n) is 2.82. The number of benzene rings is 2. The van der Waals surface area contributed by atoms with Crippen molar-refractivity contribution in [1.29, 1.82) is 0 Å². The van der Waals surface area contributed by atoms with E-state index in [0.29, 0.717) is 39.3 Å². The second-order valence-corrected chi connectivity index (χ2v) is 6.43. The molecule has 1 heterocycles. The van der Waals surface area contributed by atoms with E-state index in [1.54, 1.807) is 55.5 Å². The fraction of sp³-hybridized carbons (Fsp3) is 0.150. The third-order valence-electron chi connectivity index (χ3n) is 4.27. The number of rotatable bonds is 6. The molecule has 29 heavy (non-hydrogen) atoms. The monoisotopic (exact) mass is 413 g/mol. The highest BCUT2D eigenvalue weighted by Crippen LogP contribution is 2.36. The zero-order valence-electron chi connectivity index (χ0n) is 16.1. The number of nitrogens with zero attached hydrogens (tertiary/aromatic N) is 3. The first-order valence-electron chi connectivity index (χ1n) is 8.58. The predicted molar refractivity (Wildman–Crippen MR) is 114 cm³/mol. The summed E-state index contributed by atoms with van der Waals surface area (Å²) in [6, 6.07) is 12.2. The number of para-hydroxylation sites is 1. The van der Waals surface area contributed by atoms with Crippen LogP contribution in [0.3, 0.4) is 0 Å². The van der Waals surface area contributed by atoms with E-state index in [1.807, 2.05) is 6.07 Å². The maximum absolute atomic E-state index is 12.1. The molecule has 3 N–H and O–H groups in total. The highest BCUT2D eigenvalue weighted by molar-refractivity contribution is 6.31. The van der Waals surface area contributed by atoms with Crippen LogP contribution in [0.2, 0.25) is 5.02 Å². The zero-order valence-corrected chi connectivity index (χ0v) is 16.9. The summed E-state index contributed by atoms with van der Waals surface area (Å²) in [6.45, 7) is 0. The van der Waals surface area contributed by atoms with Gasteiger partial charge < -0.3 is 25.4 Å². The summed E-state index contributed by atoms with van der Waals surface area (Å²) in [4.78, 5) is 22.3. The van der Waals surface area contributed by atoms with Gasteiger partial charge in [0.05, 0.1) is 31.2 Å². The molecule has 0 aliphatic rings. The summed E-state index contributed by atoms with van der Waals surface area (Å²) in [7, 11) is 4.64. The van der Waals surface area contributed by atoms with Crippen molar-refractivity contribution in [2.75, 3.05) is 37.2 Å². The van der Waals surface area contributed by atoms with Crippen LogP contribution in [0.1, 0.15) is 10.4 Å². The Labute approximate surface area is 173 Å². The van der Waals surface area contributed by atoms with Crippen molar-refractivity contribution in [3.8, 4) is 5.75 Å². The van der Waals surface area contributed by atoms with Gasteiger partial charge >= 0.3 is 5.97 Å². The normalized spacial score (nSPS) is 10.3. The van der Waals surface area contributed by atoms with Crippen LogP contribution in [-0.2, 0) is 4.74 Å². The average Bonchev–Trinajstić information content (AvgIpc) is 2.74. The van der Waals surface area contributed by atoms with Crippen LogP contribution < -0.4 is 20.7 Å². The molecule has 0 aliphatic heterocycles. The van der Waals surface area contributed by atoms with E-state index in [1.165, 1.54) is 13.4 Å². The van der Waals surface area contributed by atoms with Crippen LogP contribution in [0.4, 0.5) is 28.7 Å². The van der Waals surface area contributed by atoms with Gasteiger partial charge in [-0.25, -0.2) is 14.8 Å². The van der Waals surface area contributed by atoms with Crippen LogP contribution in [0.5, 0.6) is 5.75 Å². The minimum Gasteiger partial charge on any atom is -0.495 e. The number of carbonyl (C=O) groups is 1. The Morgan fingerprint density at radius 3 is 2.66 bits per heavy atom. The number of nitrogens with one attached hydrogen (secondary N) is 1. The van der Waals surface area contributed by atoms with Gasteiger partial charge in [-0.3, -0.25) is 0 Å². The molecule has 3 rings (SSSR count). The Balaban J connectivity index is 2.00. The van der Waals surface area contributed by atoms with Crippen LogP contribution in [0.25, 0.3) is 0 Å². The Kier molecular flexibility index (Phi) is 6.04. The van der Waals surface area contributed by atoms with E-state index >= 15 is 0 Å². The van der Waals surface area contributed by atoms with Crippen LogP contribution in [0.15, 0.2) is 48.8 Å². The molecule has 0 spiro atoms. The number of nitrogen functional groups attached to an aromatic ring is 1. The first-order chi connectivity index (χ1) is 14.0. The highest BCUT2D eigenvalue weighted by Gasteiger charge is 2.20. The third-order valence-corrected chi connectivity index (χ3v) is 4.50. The van der Waals surface area contributed by atoms with Crippen LogP contribution >= 0.6 is 11.6 Å². The van der Waals surface area contributed by atoms with E-state index in [2.05, 4.69) is 15.3 Å². The molecule has 9 heteroatoms. The first-order valence-corrected chi connectivity index (χ1v) is 8.96. The molecule has 0 saturated carbocycles. The molecule has 0 radical (unpaired) electrons. The molecule has 0 fully saturated rings. The quantitative estimate of drug-likeness (QED) is 0.584. The molecule has 0 unspecified atom stereocenters. The molecule has 3 aromatic rings. The number of aromatic nitrogens is 2. The van der Waals surface area contributed by atoms with Gasteiger partial charge in [-0.2, -0.15) is 0 Å². The van der Waals surface area contributed by atoms with E-state index < -0.39 is 5.97 Å². The Morgan fingerprint density at radius 2 is 1.93 bits per heavy atom. The molecule has 1 aromatic heterocycles. The van der Waals surface area contributed by atoms with Crippen molar-refractivity contribution in [3.05, 3.63) is 59.4 Å². The lowest BCUT2D eigenvalue weighted by Gasteiger charge is -2.23. The molecule has 0 amide bonds. The number of anilines is 5. The zero-order chi connectivity index (χ0) is 21.0. The smallest absolute Gasteiger partial charge is 0.339 e. The number of halogens is 1. The van der Waals surface area contributed by atoms with Gasteiger partial charge in [-0.05, 0) is 30.3 Å². The number of ether oxygens (including phenoxy) is 2. The Morgan fingerprint density at radius 1 is 1.17 bits per heavy atom. The predicted octanol–water partition coefficient (Wildman–Crippen LogP) is 4.02. The van der Waals surface area contributed by atoms with Gasteiger partial charge in [0.1, 0.15) is 17.8 Å². The summed E-state index contributed by atoms with van der Waals surface area (Å²) in [5.41, 5.74) is 8.22. The second kappa shape index (κ2) is 8.66. The van der Waals surface area contributed by atoms with Gasteiger partial charge in [0, 0.05) is 12.1 Å². The van der Waals surface area contributed by atoms with Crippen molar-refractivity contribution in [2.24, 2.45) is 0 Å². The van der Waals surface area contributed by atoms with Crippen molar-refractivity contribution in [3.63, 3.8) is 0 Å². The highest BCUT2D eigenvalue weighted by atomic mass is 35.5. The largest absolute Gasteiger partial charge is 0.495 e. The maximum atomic E-state index is 12.1. The number of methoxy groups -OCH3 is 2. The van der Waals surface area contributed by atoms with E-state index in [9.17, 15) is 4.79 Å². The van der Waals surface area contributed by atoms with Crippen LogP contribution in [0, 0.1) is 0 Å². The number of carbonyl (C=O) groups excluding carboxylic acids is 1. The molecule has 0 atom stereocenters. The number of nitrogens with two attached hydrogens (primary N) is 1. The molecular formula is C20H20ClN5O3. The number of esters is 1. The SMILES string of the molecule is COC(=O)c1ccccc1N(C)c1ncnc(Nc2cc(Cl)ccc2OC)c1N. The summed E-state index contributed by atoms with van der Waals surface area (Å²) in [6.07, 6.45) is 1.38. The minimum absolute atomic E-state index is 0.289. The van der Waals surface area contributed by atoms with Crippen LogP contribution in [-0.4, -0.2) is 37.2 Å². The molecule has 8 nitrogen and oxygen atoms in total. The molecule has 0 bridgehead atoms. The standard InChI is InChI=1S/C20H20ClN5O3/c1-26(15-7-5-4-6-13(15)20(27)29-3)19-17(22)18(23-11-24-19)25-14-10-12(21)8-9-16(14)28-2/h4-11H,22H2,1-3H3,(H,23,24,25). The van der Waals surface area contributed by atoms with Gasteiger partial charge in [-0.15, -0.1) is 0 Å². The summed E-state index contributed by atoms with van der Waals surface area (Å²) < 4.78 is 10.2. The topological polar surface area (TPSA) is 103 Å². The number of hydrogen-bond acceptors (Lipinski definition) is 8. The second-order valence-electron chi connectivity index (χ2n) is 6.00. The average molecular weight is 414 g/mol. The Hall–Kier alpha value is -3.52. The van der Waals surface area contributed by atoms with E-state index in [4.69, 9.17) is 26.8 Å². The van der Waals surface area contributed by atoms with Crippen molar-refractivity contribution in [1.82, 2.24) is 9.97 Å². The lowest BCUT2D eigenvalue weighted by Crippen LogP contribution is -2.18. The lowest BCUT2D eigenvalue weighted by atomic mass is 10.1. The molecule has 150 valence electrons. The van der Waals surface area contributed by atoms with Crippen molar-refractivity contribution < 1.29 is 14.3 Å². The molecule has 0 aliphatic carbocycles. The van der Waals surface area contributed by atoms with Crippen molar-refractivity contribution in [2.45, 2.75) is 0 Å². The Bertz CT molecular complexity index is 1040.